The van der Waals surface area contributed by atoms with E-state index in [1.165, 1.54) is 18.2 Å². The van der Waals surface area contributed by atoms with Crippen LogP contribution in [0.3, 0.4) is 0 Å². The van der Waals surface area contributed by atoms with Gasteiger partial charge in [0.05, 0.1) is 13.0 Å². The van der Waals surface area contributed by atoms with Gasteiger partial charge in [0.25, 0.3) is 5.91 Å². The molecule has 0 atom stereocenters. The van der Waals surface area contributed by atoms with E-state index >= 15 is 0 Å². The predicted molar refractivity (Wildman–Crippen MR) is 136 cm³/mol. The number of rotatable bonds is 8. The van der Waals surface area contributed by atoms with Crippen LogP contribution < -0.4 is 4.90 Å². The van der Waals surface area contributed by atoms with Gasteiger partial charge in [-0.2, -0.15) is 0 Å². The molecule has 0 bridgehead atoms. The molecule has 4 aromatic rings. The first-order valence-corrected chi connectivity index (χ1v) is 11.5. The minimum Gasteiger partial charge on any atom is -0.341 e. The third-order valence-electron chi connectivity index (χ3n) is 5.79. The summed E-state index contributed by atoms with van der Waals surface area (Å²) >= 11 is 0. The Hall–Kier alpha value is -4.25. The molecule has 4 nitrogen and oxygen atoms in total. The Morgan fingerprint density at radius 3 is 1.89 bits per heavy atom. The highest BCUT2D eigenvalue weighted by atomic mass is 19.1. The second kappa shape index (κ2) is 11.3. The van der Waals surface area contributed by atoms with Crippen molar-refractivity contribution in [3.63, 3.8) is 0 Å². The van der Waals surface area contributed by atoms with E-state index in [-0.39, 0.29) is 23.8 Å². The minimum absolute atomic E-state index is 0.0126. The maximum atomic E-state index is 13.8. The molecule has 0 aliphatic rings. The van der Waals surface area contributed by atoms with E-state index in [2.05, 4.69) is 0 Å². The summed E-state index contributed by atoms with van der Waals surface area (Å²) < 4.78 is 13.8. The number of anilines is 1. The van der Waals surface area contributed by atoms with Crippen LogP contribution in [0.1, 0.15) is 27.0 Å². The van der Waals surface area contributed by atoms with E-state index in [1.54, 1.807) is 22.9 Å². The molecule has 0 fully saturated rings. The van der Waals surface area contributed by atoms with Crippen molar-refractivity contribution < 1.29 is 14.0 Å². The molecule has 0 radical (unpaired) electrons. The van der Waals surface area contributed by atoms with Crippen LogP contribution in [0.15, 0.2) is 109 Å². The topological polar surface area (TPSA) is 40.6 Å². The van der Waals surface area contributed by atoms with Crippen molar-refractivity contribution in [2.24, 2.45) is 0 Å². The molecule has 4 aromatic carbocycles. The van der Waals surface area contributed by atoms with Crippen LogP contribution in [0.5, 0.6) is 0 Å². The van der Waals surface area contributed by atoms with Crippen molar-refractivity contribution in [3.05, 3.63) is 137 Å². The lowest BCUT2D eigenvalue weighted by Crippen LogP contribution is -2.30. The summed E-state index contributed by atoms with van der Waals surface area (Å²) in [5.74, 6) is -0.734. The number of likely N-dealkylation sites (N-methyl/N-ethyl adjacent to an activating group) is 1. The van der Waals surface area contributed by atoms with Gasteiger partial charge in [-0.15, -0.1) is 0 Å². The summed E-state index contributed by atoms with van der Waals surface area (Å²) in [5, 5.41) is 0. The maximum absolute atomic E-state index is 13.8. The van der Waals surface area contributed by atoms with Crippen LogP contribution in [0.25, 0.3) is 0 Å². The molecule has 4 rings (SSSR count). The monoisotopic (exact) mass is 466 g/mol. The SMILES string of the molecule is CN(Cc1ccccc1)C(=O)Cc1ccc(N(Cc2ccccc2)C(=O)c2cccc(F)c2)cc1. The maximum Gasteiger partial charge on any atom is 0.258 e. The molecule has 0 aromatic heterocycles. The van der Waals surface area contributed by atoms with E-state index < -0.39 is 5.82 Å². The summed E-state index contributed by atoms with van der Waals surface area (Å²) in [6, 6.07) is 32.6. The Balaban J connectivity index is 1.51. The molecule has 5 heteroatoms. The fourth-order valence-corrected chi connectivity index (χ4v) is 3.87. The average Bonchev–Trinajstić information content (AvgIpc) is 2.88. The molecule has 176 valence electrons. The van der Waals surface area contributed by atoms with Crippen LogP contribution >= 0.6 is 0 Å². The summed E-state index contributed by atoms with van der Waals surface area (Å²) in [4.78, 5) is 29.4. The number of carbonyl (C=O) groups is 2. The molecule has 0 saturated heterocycles. The van der Waals surface area contributed by atoms with E-state index in [1.807, 2.05) is 84.9 Å². The largest absolute Gasteiger partial charge is 0.341 e. The Bertz CT molecular complexity index is 1270. The molecule has 0 N–H and O–H groups in total. The highest BCUT2D eigenvalue weighted by molar-refractivity contribution is 6.06. The lowest BCUT2D eigenvalue weighted by Gasteiger charge is -2.24. The number of halogens is 1. The second-order valence-electron chi connectivity index (χ2n) is 8.47. The summed E-state index contributed by atoms with van der Waals surface area (Å²) in [7, 11) is 1.79. The van der Waals surface area contributed by atoms with Gasteiger partial charge >= 0.3 is 0 Å². The number of nitrogens with zero attached hydrogens (tertiary/aromatic N) is 2. The fourth-order valence-electron chi connectivity index (χ4n) is 3.87. The Morgan fingerprint density at radius 2 is 1.29 bits per heavy atom. The van der Waals surface area contributed by atoms with Gasteiger partial charge in [-0.1, -0.05) is 78.9 Å². The summed E-state index contributed by atoms with van der Waals surface area (Å²) in [5.41, 5.74) is 3.85. The van der Waals surface area contributed by atoms with E-state index in [0.29, 0.717) is 18.8 Å². The van der Waals surface area contributed by atoms with Crippen LogP contribution in [0.4, 0.5) is 10.1 Å². The molecular weight excluding hydrogens is 439 g/mol. The van der Waals surface area contributed by atoms with Crippen molar-refractivity contribution in [3.8, 4) is 0 Å². The normalized spacial score (nSPS) is 10.6. The molecule has 0 unspecified atom stereocenters. The van der Waals surface area contributed by atoms with E-state index in [9.17, 15) is 14.0 Å². The van der Waals surface area contributed by atoms with Crippen molar-refractivity contribution >= 4 is 17.5 Å². The average molecular weight is 467 g/mol. The quantitative estimate of drug-likeness (QED) is 0.326. The first-order chi connectivity index (χ1) is 17.0. The second-order valence-corrected chi connectivity index (χ2v) is 8.47. The van der Waals surface area contributed by atoms with Gasteiger partial charge in [-0.3, -0.25) is 9.59 Å². The molecule has 2 amide bonds. The smallest absolute Gasteiger partial charge is 0.258 e. The van der Waals surface area contributed by atoms with Crippen LogP contribution in [-0.4, -0.2) is 23.8 Å². The molecule has 0 aliphatic heterocycles. The van der Waals surface area contributed by atoms with Gasteiger partial charge in [0, 0.05) is 24.8 Å². The molecule has 35 heavy (non-hydrogen) atoms. The van der Waals surface area contributed by atoms with Crippen molar-refractivity contribution in [2.45, 2.75) is 19.5 Å². The summed E-state index contributed by atoms with van der Waals surface area (Å²) in [6.45, 7) is 0.888. The van der Waals surface area contributed by atoms with Gasteiger partial charge in [0.15, 0.2) is 0 Å². The van der Waals surface area contributed by atoms with Crippen LogP contribution in [0.2, 0.25) is 0 Å². The Labute approximate surface area is 205 Å². The van der Waals surface area contributed by atoms with Gasteiger partial charge in [0.2, 0.25) is 5.91 Å². The number of amides is 2. The number of carbonyl (C=O) groups excluding carboxylic acids is 2. The lowest BCUT2D eigenvalue weighted by atomic mass is 10.1. The van der Waals surface area contributed by atoms with Gasteiger partial charge < -0.3 is 9.80 Å². The molecule has 0 saturated carbocycles. The molecule has 0 aliphatic carbocycles. The molecule has 0 spiro atoms. The number of benzene rings is 4. The van der Waals surface area contributed by atoms with Gasteiger partial charge in [-0.25, -0.2) is 4.39 Å². The number of hydrogen-bond acceptors (Lipinski definition) is 2. The van der Waals surface area contributed by atoms with E-state index in [0.717, 1.165) is 16.7 Å². The van der Waals surface area contributed by atoms with Crippen molar-refractivity contribution in [2.75, 3.05) is 11.9 Å². The first-order valence-electron chi connectivity index (χ1n) is 11.5. The zero-order chi connectivity index (χ0) is 24.6. The third kappa shape index (κ3) is 6.42. The molecule has 0 heterocycles. The van der Waals surface area contributed by atoms with Crippen molar-refractivity contribution in [1.29, 1.82) is 0 Å². The fraction of sp³-hybridized carbons (Fsp3) is 0.133. The highest BCUT2D eigenvalue weighted by Crippen LogP contribution is 2.22. The standard InChI is InChI=1S/C30H27FN2O2/c1-32(21-24-9-4-2-5-10-24)29(34)19-23-15-17-28(18-16-23)33(22-25-11-6-3-7-12-25)30(35)26-13-8-14-27(31)20-26/h2-18,20H,19,21-22H2,1H3. The number of hydrogen-bond donors (Lipinski definition) is 0. The minimum atomic E-state index is -0.455. The predicted octanol–water partition coefficient (Wildman–Crippen LogP) is 5.87. The first kappa shape index (κ1) is 23.9. The molecular formula is C30H27FN2O2. The van der Waals surface area contributed by atoms with Gasteiger partial charge in [-0.05, 0) is 47.0 Å². The zero-order valence-corrected chi connectivity index (χ0v) is 19.6. The third-order valence-corrected chi connectivity index (χ3v) is 5.79. The Morgan fingerprint density at radius 1 is 0.686 bits per heavy atom. The highest BCUT2D eigenvalue weighted by Gasteiger charge is 2.19. The summed E-state index contributed by atoms with van der Waals surface area (Å²) in [6.07, 6.45) is 0.264. The van der Waals surface area contributed by atoms with E-state index in [4.69, 9.17) is 0 Å². The van der Waals surface area contributed by atoms with Crippen LogP contribution in [0, 0.1) is 5.82 Å². The van der Waals surface area contributed by atoms with Gasteiger partial charge in [0.1, 0.15) is 5.82 Å². The van der Waals surface area contributed by atoms with Crippen molar-refractivity contribution in [1.82, 2.24) is 4.90 Å². The zero-order valence-electron chi connectivity index (χ0n) is 19.6. The van der Waals surface area contributed by atoms with Crippen LogP contribution in [-0.2, 0) is 24.3 Å². The lowest BCUT2D eigenvalue weighted by molar-refractivity contribution is -0.129. The Kier molecular flexibility index (Phi) is 7.68.